The first-order chi connectivity index (χ1) is 11.3. The van der Waals surface area contributed by atoms with Crippen molar-refractivity contribution >= 4 is 0 Å². The van der Waals surface area contributed by atoms with Crippen LogP contribution in [-0.4, -0.2) is 40.0 Å². The summed E-state index contributed by atoms with van der Waals surface area (Å²) in [6.07, 6.45) is 12.8. The molecule has 0 aromatic carbocycles. The summed E-state index contributed by atoms with van der Waals surface area (Å²) in [5.41, 5.74) is 3.04. The van der Waals surface area contributed by atoms with E-state index in [9.17, 15) is 0 Å². The number of nitrogens with zero attached hydrogens (tertiary/aromatic N) is 3. The van der Waals surface area contributed by atoms with Gasteiger partial charge in [0.2, 0.25) is 0 Å². The van der Waals surface area contributed by atoms with Gasteiger partial charge in [-0.25, -0.2) is 0 Å². The van der Waals surface area contributed by atoms with Gasteiger partial charge in [-0.05, 0) is 62.5 Å². The summed E-state index contributed by atoms with van der Waals surface area (Å²) in [5, 5.41) is 0. The molecule has 0 aliphatic carbocycles. The normalized spacial score (nSPS) is 26.1. The third kappa shape index (κ3) is 3.19. The van der Waals surface area contributed by atoms with Crippen molar-refractivity contribution in [2.45, 2.75) is 44.3 Å². The Balaban J connectivity index is 1.47. The number of likely N-dealkylation sites (tertiary alicyclic amines) is 2. The van der Waals surface area contributed by atoms with Crippen molar-refractivity contribution in [2.24, 2.45) is 0 Å². The van der Waals surface area contributed by atoms with Crippen molar-refractivity contribution in [3.05, 3.63) is 54.2 Å². The molecule has 0 unspecified atom stereocenters. The SMILES string of the molecule is c1cc(CN2CCC[C@@]23CCCN(Cc2ccoc2)C3)ccn1. The van der Waals surface area contributed by atoms with Crippen LogP contribution in [0.1, 0.15) is 36.8 Å². The zero-order valence-corrected chi connectivity index (χ0v) is 13.7. The van der Waals surface area contributed by atoms with Crippen LogP contribution in [-0.2, 0) is 13.1 Å². The average Bonchev–Trinajstić information content (AvgIpc) is 3.20. The van der Waals surface area contributed by atoms with Crippen molar-refractivity contribution in [3.8, 4) is 0 Å². The number of rotatable bonds is 4. The maximum absolute atomic E-state index is 5.23. The highest BCUT2D eigenvalue weighted by Crippen LogP contribution is 2.38. The number of hydrogen-bond acceptors (Lipinski definition) is 4. The van der Waals surface area contributed by atoms with Gasteiger partial charge < -0.3 is 4.42 Å². The minimum absolute atomic E-state index is 0.366. The fraction of sp³-hybridized carbons (Fsp3) is 0.526. The Kier molecular flexibility index (Phi) is 4.19. The Labute approximate surface area is 138 Å². The lowest BCUT2D eigenvalue weighted by Crippen LogP contribution is -2.55. The highest BCUT2D eigenvalue weighted by molar-refractivity contribution is 5.13. The minimum Gasteiger partial charge on any atom is -0.472 e. The Morgan fingerprint density at radius 3 is 2.61 bits per heavy atom. The first-order valence-corrected chi connectivity index (χ1v) is 8.72. The molecule has 2 aromatic heterocycles. The van der Waals surface area contributed by atoms with E-state index in [1.807, 2.05) is 18.7 Å². The van der Waals surface area contributed by atoms with Crippen molar-refractivity contribution in [1.82, 2.24) is 14.8 Å². The molecule has 0 amide bonds. The van der Waals surface area contributed by atoms with Crippen LogP contribution in [0.5, 0.6) is 0 Å². The van der Waals surface area contributed by atoms with Gasteiger partial charge >= 0.3 is 0 Å². The van der Waals surface area contributed by atoms with Gasteiger partial charge in [0, 0.05) is 43.1 Å². The maximum atomic E-state index is 5.23. The molecular weight excluding hydrogens is 286 g/mol. The van der Waals surface area contributed by atoms with Gasteiger partial charge in [-0.2, -0.15) is 0 Å². The fourth-order valence-electron chi connectivity index (χ4n) is 4.39. The predicted octanol–water partition coefficient (Wildman–Crippen LogP) is 3.31. The molecule has 2 saturated heterocycles. The lowest BCUT2D eigenvalue weighted by atomic mass is 9.86. The van der Waals surface area contributed by atoms with Crippen LogP contribution in [0.2, 0.25) is 0 Å². The Morgan fingerprint density at radius 2 is 1.83 bits per heavy atom. The second-order valence-electron chi connectivity index (χ2n) is 7.05. The highest BCUT2D eigenvalue weighted by Gasteiger charge is 2.43. The Bertz CT molecular complexity index is 613. The number of pyridine rings is 1. The van der Waals surface area contributed by atoms with Gasteiger partial charge in [-0.1, -0.05) is 0 Å². The van der Waals surface area contributed by atoms with E-state index in [-0.39, 0.29) is 0 Å². The molecule has 0 bridgehead atoms. The molecule has 0 N–H and O–H groups in total. The second-order valence-corrected chi connectivity index (χ2v) is 7.05. The lowest BCUT2D eigenvalue weighted by Gasteiger charge is -2.46. The van der Waals surface area contributed by atoms with E-state index in [2.05, 4.69) is 33.0 Å². The van der Waals surface area contributed by atoms with Gasteiger partial charge in [0.05, 0.1) is 12.5 Å². The third-order valence-electron chi connectivity index (χ3n) is 5.48. The molecule has 2 aliphatic rings. The van der Waals surface area contributed by atoms with Gasteiger partial charge in [0.1, 0.15) is 0 Å². The predicted molar refractivity (Wildman–Crippen MR) is 89.8 cm³/mol. The quantitative estimate of drug-likeness (QED) is 0.867. The van der Waals surface area contributed by atoms with Crippen molar-refractivity contribution in [3.63, 3.8) is 0 Å². The summed E-state index contributed by atoms with van der Waals surface area (Å²) in [4.78, 5) is 9.48. The van der Waals surface area contributed by atoms with Gasteiger partial charge in [-0.15, -0.1) is 0 Å². The first-order valence-electron chi connectivity index (χ1n) is 8.72. The molecule has 122 valence electrons. The minimum atomic E-state index is 0.366. The number of piperidine rings is 1. The molecule has 4 heteroatoms. The summed E-state index contributed by atoms with van der Waals surface area (Å²) in [6, 6.07) is 6.39. The zero-order chi connectivity index (χ0) is 15.5. The zero-order valence-electron chi connectivity index (χ0n) is 13.7. The first kappa shape index (κ1) is 14.9. The van der Waals surface area contributed by atoms with E-state index in [4.69, 9.17) is 4.42 Å². The van der Waals surface area contributed by atoms with E-state index in [0.717, 1.165) is 13.1 Å². The smallest absolute Gasteiger partial charge is 0.0947 e. The second kappa shape index (κ2) is 6.46. The van der Waals surface area contributed by atoms with Crippen LogP contribution in [0.15, 0.2) is 47.5 Å². The van der Waals surface area contributed by atoms with Crippen molar-refractivity contribution < 1.29 is 4.42 Å². The number of furan rings is 1. The van der Waals surface area contributed by atoms with Crippen LogP contribution in [0, 0.1) is 0 Å². The Hall–Kier alpha value is -1.65. The van der Waals surface area contributed by atoms with Gasteiger partial charge in [0.15, 0.2) is 0 Å². The molecule has 4 nitrogen and oxygen atoms in total. The van der Waals surface area contributed by atoms with E-state index >= 15 is 0 Å². The highest BCUT2D eigenvalue weighted by atomic mass is 16.3. The van der Waals surface area contributed by atoms with Crippen LogP contribution in [0.4, 0.5) is 0 Å². The molecular formula is C19H25N3O. The third-order valence-corrected chi connectivity index (χ3v) is 5.48. The topological polar surface area (TPSA) is 32.5 Å². The fourth-order valence-corrected chi connectivity index (χ4v) is 4.39. The molecule has 2 fully saturated rings. The summed E-state index contributed by atoms with van der Waals surface area (Å²) < 4.78 is 5.23. The summed E-state index contributed by atoms with van der Waals surface area (Å²) >= 11 is 0. The molecule has 0 radical (unpaired) electrons. The summed E-state index contributed by atoms with van der Waals surface area (Å²) in [5.74, 6) is 0. The van der Waals surface area contributed by atoms with E-state index in [1.54, 1.807) is 6.26 Å². The lowest BCUT2D eigenvalue weighted by molar-refractivity contribution is 0.0327. The van der Waals surface area contributed by atoms with Crippen LogP contribution in [0.25, 0.3) is 0 Å². The molecule has 4 rings (SSSR count). The van der Waals surface area contributed by atoms with Crippen molar-refractivity contribution in [1.29, 1.82) is 0 Å². The molecule has 4 heterocycles. The molecule has 1 atom stereocenters. The number of hydrogen-bond donors (Lipinski definition) is 0. The molecule has 23 heavy (non-hydrogen) atoms. The van der Waals surface area contributed by atoms with E-state index < -0.39 is 0 Å². The summed E-state index contributed by atoms with van der Waals surface area (Å²) in [7, 11) is 0. The molecule has 2 aromatic rings. The molecule has 2 aliphatic heterocycles. The van der Waals surface area contributed by atoms with E-state index in [1.165, 1.54) is 56.4 Å². The van der Waals surface area contributed by atoms with Crippen LogP contribution < -0.4 is 0 Å². The van der Waals surface area contributed by atoms with E-state index in [0.29, 0.717) is 5.54 Å². The van der Waals surface area contributed by atoms with Gasteiger partial charge in [-0.3, -0.25) is 14.8 Å². The van der Waals surface area contributed by atoms with Gasteiger partial charge in [0.25, 0.3) is 0 Å². The summed E-state index contributed by atoms with van der Waals surface area (Å²) in [6.45, 7) is 5.69. The average molecular weight is 311 g/mol. The van der Waals surface area contributed by atoms with Crippen LogP contribution in [0.3, 0.4) is 0 Å². The Morgan fingerprint density at radius 1 is 1.00 bits per heavy atom. The largest absolute Gasteiger partial charge is 0.472 e. The van der Waals surface area contributed by atoms with Crippen LogP contribution >= 0.6 is 0 Å². The molecule has 1 spiro atoms. The maximum Gasteiger partial charge on any atom is 0.0947 e. The molecule has 0 saturated carbocycles. The standard InChI is InChI=1S/C19H25N3O/c1-6-19(16-21(10-1)13-18-5-12-23-15-18)7-2-11-22(19)14-17-3-8-20-9-4-17/h3-5,8-9,12,15H,1-2,6-7,10-11,13-14,16H2/t19-/m1/s1. The number of aromatic nitrogens is 1. The monoisotopic (exact) mass is 311 g/mol. The van der Waals surface area contributed by atoms with Crippen molar-refractivity contribution in [2.75, 3.05) is 19.6 Å².